The lowest BCUT2D eigenvalue weighted by Gasteiger charge is -2.47. The third kappa shape index (κ3) is 0.959. The van der Waals surface area contributed by atoms with E-state index in [1.807, 2.05) is 19.1 Å². The van der Waals surface area contributed by atoms with E-state index in [9.17, 15) is 0 Å². The summed E-state index contributed by atoms with van der Waals surface area (Å²) in [5.41, 5.74) is 2.82. The van der Waals surface area contributed by atoms with Crippen LogP contribution >= 0.6 is 0 Å². The summed E-state index contributed by atoms with van der Waals surface area (Å²) in [5, 5.41) is 0. The molecule has 3 aliphatic rings. The predicted octanol–water partition coefficient (Wildman–Crippen LogP) is 3.04. The van der Waals surface area contributed by atoms with E-state index in [-0.39, 0.29) is 0 Å². The number of hydrogen-bond acceptors (Lipinski definition) is 2. The first-order valence-corrected chi connectivity index (χ1v) is 5.23. The van der Waals surface area contributed by atoms with Crippen molar-refractivity contribution < 1.29 is 9.78 Å². The summed E-state index contributed by atoms with van der Waals surface area (Å²) in [4.78, 5) is 11.0. The molecule has 78 valence electrons. The molecule has 2 bridgehead atoms. The average Bonchev–Trinajstić information content (AvgIpc) is 2.23. The summed E-state index contributed by atoms with van der Waals surface area (Å²) in [5.74, 6) is 0. The van der Waals surface area contributed by atoms with E-state index in [0.717, 1.165) is 0 Å². The first-order chi connectivity index (χ1) is 7.06. The molecule has 4 rings (SSSR count). The zero-order chi connectivity index (χ0) is 10.7. The largest absolute Gasteiger partial charge is 0.220 e. The smallest absolute Gasteiger partial charge is 0.147 e. The van der Waals surface area contributed by atoms with Gasteiger partial charge in [-0.15, -0.1) is 0 Å². The Morgan fingerprint density at radius 2 is 1.67 bits per heavy atom. The molecule has 0 saturated carbocycles. The molecule has 1 aliphatic carbocycles. The number of benzene rings is 1. The molecule has 0 saturated heterocycles. The minimum absolute atomic E-state index is 0.408. The molecule has 2 aliphatic heterocycles. The highest BCUT2D eigenvalue weighted by molar-refractivity contribution is 5.49. The first kappa shape index (κ1) is 9.13. The summed E-state index contributed by atoms with van der Waals surface area (Å²) in [6.45, 7) is 6.18. The lowest BCUT2D eigenvalue weighted by Crippen LogP contribution is -2.46. The van der Waals surface area contributed by atoms with Gasteiger partial charge >= 0.3 is 0 Å². The van der Waals surface area contributed by atoms with Gasteiger partial charge in [-0.05, 0) is 43.5 Å². The van der Waals surface area contributed by atoms with Crippen LogP contribution < -0.4 is 0 Å². The van der Waals surface area contributed by atoms with Gasteiger partial charge in [-0.25, -0.2) is 9.78 Å². The Kier molecular flexibility index (Phi) is 1.53. The Hall–Kier alpha value is -1.12. The highest BCUT2D eigenvalue weighted by Crippen LogP contribution is 2.51. The topological polar surface area (TPSA) is 18.5 Å². The standard InChI is InChI=1S/C13H14O2/c1-9-8-12(2)10-6-4-5-7-11(10)13(9,3)15-14-12/h4-8H,1-3H3. The van der Waals surface area contributed by atoms with Crippen LogP contribution in [0.2, 0.25) is 0 Å². The molecule has 0 spiro atoms. The number of fused-ring (bicyclic) bond motifs is 1. The minimum Gasteiger partial charge on any atom is -0.220 e. The first-order valence-electron chi connectivity index (χ1n) is 5.23. The maximum absolute atomic E-state index is 5.54. The molecule has 2 heterocycles. The van der Waals surface area contributed by atoms with Crippen LogP contribution in [0.4, 0.5) is 0 Å². The Balaban J connectivity index is 2.36. The van der Waals surface area contributed by atoms with Crippen molar-refractivity contribution in [3.63, 3.8) is 0 Å². The number of rotatable bonds is 0. The second kappa shape index (κ2) is 2.52. The van der Waals surface area contributed by atoms with Gasteiger partial charge in [0.1, 0.15) is 11.2 Å². The predicted molar refractivity (Wildman–Crippen MR) is 57.1 cm³/mol. The zero-order valence-electron chi connectivity index (χ0n) is 9.20. The Morgan fingerprint density at radius 1 is 1.00 bits per heavy atom. The molecular formula is C13H14O2. The van der Waals surface area contributed by atoms with Crippen molar-refractivity contribution in [2.45, 2.75) is 32.0 Å². The van der Waals surface area contributed by atoms with Crippen molar-refractivity contribution in [2.75, 3.05) is 0 Å². The van der Waals surface area contributed by atoms with Gasteiger partial charge in [0.05, 0.1) is 0 Å². The van der Waals surface area contributed by atoms with Crippen molar-refractivity contribution >= 4 is 0 Å². The molecule has 2 unspecified atom stereocenters. The van der Waals surface area contributed by atoms with Crippen molar-refractivity contribution in [1.29, 1.82) is 0 Å². The van der Waals surface area contributed by atoms with E-state index >= 15 is 0 Å². The van der Waals surface area contributed by atoms with Gasteiger partial charge in [0.25, 0.3) is 0 Å². The maximum atomic E-state index is 5.54. The summed E-state index contributed by atoms with van der Waals surface area (Å²) >= 11 is 0. The molecule has 0 aromatic heterocycles. The molecule has 0 fully saturated rings. The van der Waals surface area contributed by atoms with Crippen molar-refractivity contribution in [2.24, 2.45) is 0 Å². The molecular weight excluding hydrogens is 188 g/mol. The molecule has 0 N–H and O–H groups in total. The Bertz CT molecular complexity index is 463. The van der Waals surface area contributed by atoms with E-state index in [1.165, 1.54) is 16.7 Å². The highest BCUT2D eigenvalue weighted by Gasteiger charge is 2.50. The van der Waals surface area contributed by atoms with Crippen molar-refractivity contribution in [3.05, 3.63) is 47.0 Å². The lowest BCUT2D eigenvalue weighted by atomic mass is 9.73. The second-order valence-electron chi connectivity index (χ2n) is 4.68. The third-order valence-corrected chi connectivity index (χ3v) is 3.60. The Labute approximate surface area is 89.4 Å². The van der Waals surface area contributed by atoms with Gasteiger partial charge in [0.2, 0.25) is 0 Å². The normalized spacial score (nSPS) is 37.4. The third-order valence-electron chi connectivity index (χ3n) is 3.60. The minimum atomic E-state index is -0.418. The van der Waals surface area contributed by atoms with E-state index in [1.54, 1.807) is 0 Å². The van der Waals surface area contributed by atoms with Crippen LogP contribution in [0.15, 0.2) is 35.9 Å². The second-order valence-corrected chi connectivity index (χ2v) is 4.68. The summed E-state index contributed by atoms with van der Waals surface area (Å²) in [7, 11) is 0. The van der Waals surface area contributed by atoms with Gasteiger partial charge in [0, 0.05) is 0 Å². The van der Waals surface area contributed by atoms with Gasteiger partial charge in [-0.1, -0.05) is 24.3 Å². The van der Waals surface area contributed by atoms with Crippen LogP contribution in [0.1, 0.15) is 31.9 Å². The summed E-state index contributed by atoms with van der Waals surface area (Å²) in [6.07, 6.45) is 2.15. The SMILES string of the molecule is CC1=CC2(C)OOC1(C)c1ccccc12. The van der Waals surface area contributed by atoms with Crippen molar-refractivity contribution in [1.82, 2.24) is 0 Å². The van der Waals surface area contributed by atoms with Gasteiger partial charge in [0.15, 0.2) is 0 Å². The van der Waals surface area contributed by atoms with E-state index in [4.69, 9.17) is 9.78 Å². The van der Waals surface area contributed by atoms with E-state index in [0.29, 0.717) is 0 Å². The van der Waals surface area contributed by atoms with Crippen molar-refractivity contribution in [3.8, 4) is 0 Å². The fraction of sp³-hybridized carbons (Fsp3) is 0.385. The van der Waals surface area contributed by atoms with Crippen LogP contribution in [0.25, 0.3) is 0 Å². The van der Waals surface area contributed by atoms with Gasteiger partial charge < -0.3 is 0 Å². The molecule has 0 amide bonds. The maximum Gasteiger partial charge on any atom is 0.147 e. The molecule has 1 aromatic carbocycles. The zero-order valence-corrected chi connectivity index (χ0v) is 9.20. The van der Waals surface area contributed by atoms with Crippen LogP contribution in [0.3, 0.4) is 0 Å². The van der Waals surface area contributed by atoms with Crippen LogP contribution in [-0.2, 0) is 21.0 Å². The molecule has 2 nitrogen and oxygen atoms in total. The highest BCUT2D eigenvalue weighted by atomic mass is 17.2. The number of hydrogen-bond donors (Lipinski definition) is 0. The molecule has 1 aromatic rings. The molecule has 2 heteroatoms. The summed E-state index contributed by atoms with van der Waals surface area (Å²) < 4.78 is 0. The van der Waals surface area contributed by atoms with Crippen LogP contribution in [-0.4, -0.2) is 0 Å². The monoisotopic (exact) mass is 202 g/mol. The average molecular weight is 202 g/mol. The fourth-order valence-electron chi connectivity index (χ4n) is 2.52. The van der Waals surface area contributed by atoms with E-state index in [2.05, 4.69) is 32.1 Å². The fourth-order valence-corrected chi connectivity index (χ4v) is 2.52. The van der Waals surface area contributed by atoms with E-state index < -0.39 is 11.2 Å². The van der Waals surface area contributed by atoms with Crippen LogP contribution in [0, 0.1) is 0 Å². The molecule has 2 atom stereocenters. The quantitative estimate of drug-likeness (QED) is 0.475. The summed E-state index contributed by atoms with van der Waals surface area (Å²) in [6, 6.07) is 8.32. The van der Waals surface area contributed by atoms with Gasteiger partial charge in [-0.3, -0.25) is 0 Å². The molecule has 15 heavy (non-hydrogen) atoms. The molecule has 0 radical (unpaired) electrons. The Morgan fingerprint density at radius 3 is 2.33 bits per heavy atom. The van der Waals surface area contributed by atoms with Gasteiger partial charge in [-0.2, -0.15) is 0 Å². The van der Waals surface area contributed by atoms with Crippen LogP contribution in [0.5, 0.6) is 0 Å². The lowest BCUT2D eigenvalue weighted by molar-refractivity contribution is -0.418.